The van der Waals surface area contributed by atoms with Crippen molar-refractivity contribution >= 4 is 9.04 Å². The summed E-state index contributed by atoms with van der Waals surface area (Å²) in [6.07, 6.45) is 1.15. The van der Waals surface area contributed by atoms with Crippen LogP contribution in [0.25, 0.3) is 0 Å². The van der Waals surface area contributed by atoms with Crippen molar-refractivity contribution in [3.05, 3.63) is 0 Å². The summed E-state index contributed by atoms with van der Waals surface area (Å²) < 4.78 is 5.32. The molecule has 0 aromatic carbocycles. The van der Waals surface area contributed by atoms with Gasteiger partial charge in [0.05, 0.1) is 0 Å². The van der Waals surface area contributed by atoms with Gasteiger partial charge in [0.2, 0.25) is 0 Å². The third-order valence-electron chi connectivity index (χ3n) is 1.64. The zero-order valence-corrected chi connectivity index (χ0v) is 8.05. The SMILES string of the molecule is CC[SiH](CCCNN)OC. The van der Waals surface area contributed by atoms with Gasteiger partial charge in [0.15, 0.2) is 9.04 Å². The van der Waals surface area contributed by atoms with E-state index in [0.29, 0.717) is 0 Å². The fourth-order valence-electron chi connectivity index (χ4n) is 0.920. The second-order valence-corrected chi connectivity index (χ2v) is 5.47. The number of hydrazine groups is 1. The summed E-state index contributed by atoms with van der Waals surface area (Å²) in [5, 5.41) is 0. The van der Waals surface area contributed by atoms with E-state index >= 15 is 0 Å². The molecule has 10 heavy (non-hydrogen) atoms. The van der Waals surface area contributed by atoms with Crippen molar-refractivity contribution in [2.24, 2.45) is 5.84 Å². The summed E-state index contributed by atoms with van der Waals surface area (Å²) in [5.74, 6) is 5.12. The van der Waals surface area contributed by atoms with Gasteiger partial charge in [-0.2, -0.15) is 0 Å². The maximum absolute atomic E-state index is 5.32. The van der Waals surface area contributed by atoms with E-state index in [1.54, 1.807) is 0 Å². The Morgan fingerprint density at radius 1 is 1.60 bits per heavy atom. The molecule has 1 unspecified atom stereocenters. The van der Waals surface area contributed by atoms with Gasteiger partial charge in [0, 0.05) is 13.7 Å². The Morgan fingerprint density at radius 2 is 2.30 bits per heavy atom. The van der Waals surface area contributed by atoms with Crippen LogP contribution >= 0.6 is 0 Å². The third-order valence-corrected chi connectivity index (χ3v) is 4.27. The van der Waals surface area contributed by atoms with Crippen molar-refractivity contribution in [2.45, 2.75) is 25.4 Å². The van der Waals surface area contributed by atoms with E-state index in [0.717, 1.165) is 13.0 Å². The normalized spacial score (nSPS) is 13.5. The fraction of sp³-hybridized carbons (Fsp3) is 1.00. The highest BCUT2D eigenvalue weighted by Crippen LogP contribution is 2.01. The van der Waals surface area contributed by atoms with Crippen LogP contribution < -0.4 is 11.3 Å². The van der Waals surface area contributed by atoms with Gasteiger partial charge >= 0.3 is 0 Å². The second kappa shape index (κ2) is 7.21. The zero-order chi connectivity index (χ0) is 7.82. The lowest BCUT2D eigenvalue weighted by Gasteiger charge is -2.09. The van der Waals surface area contributed by atoms with E-state index < -0.39 is 9.04 Å². The smallest absolute Gasteiger partial charge is 0.176 e. The van der Waals surface area contributed by atoms with Gasteiger partial charge in [0.25, 0.3) is 0 Å². The molecular formula is C6H18N2OSi. The van der Waals surface area contributed by atoms with Gasteiger partial charge in [-0.05, 0) is 18.5 Å². The quantitative estimate of drug-likeness (QED) is 0.254. The molecule has 0 bridgehead atoms. The fourth-order valence-corrected chi connectivity index (χ4v) is 2.56. The number of hydrogen-bond donors (Lipinski definition) is 2. The van der Waals surface area contributed by atoms with Crippen LogP contribution in [0.2, 0.25) is 12.1 Å². The molecule has 3 N–H and O–H groups in total. The Labute approximate surface area is 64.6 Å². The predicted molar refractivity (Wildman–Crippen MR) is 46.3 cm³/mol. The van der Waals surface area contributed by atoms with Gasteiger partial charge in [-0.3, -0.25) is 11.3 Å². The first-order valence-electron chi connectivity index (χ1n) is 3.81. The molecule has 0 spiro atoms. The predicted octanol–water partition coefficient (Wildman–Crippen LogP) is 0.230. The highest BCUT2D eigenvalue weighted by Gasteiger charge is 2.04. The van der Waals surface area contributed by atoms with E-state index in [-0.39, 0.29) is 0 Å². The minimum atomic E-state index is -0.819. The molecule has 0 saturated carbocycles. The summed E-state index contributed by atoms with van der Waals surface area (Å²) in [6, 6.07) is 2.46. The maximum atomic E-state index is 5.32. The molecule has 3 nitrogen and oxygen atoms in total. The van der Waals surface area contributed by atoms with Crippen molar-refractivity contribution in [1.82, 2.24) is 5.43 Å². The first-order chi connectivity index (χ1) is 4.85. The molecule has 0 aliphatic carbocycles. The largest absolute Gasteiger partial charge is 0.423 e. The van der Waals surface area contributed by atoms with Crippen LogP contribution in [0, 0.1) is 0 Å². The Balaban J connectivity index is 3.09. The number of rotatable bonds is 6. The second-order valence-electron chi connectivity index (χ2n) is 2.36. The van der Waals surface area contributed by atoms with Crippen molar-refractivity contribution < 1.29 is 4.43 Å². The highest BCUT2D eigenvalue weighted by molar-refractivity contribution is 6.51. The molecule has 0 rings (SSSR count). The maximum Gasteiger partial charge on any atom is 0.176 e. The third kappa shape index (κ3) is 4.93. The zero-order valence-electron chi connectivity index (χ0n) is 6.89. The minimum Gasteiger partial charge on any atom is -0.423 e. The average Bonchev–Trinajstić information content (AvgIpc) is 1.99. The summed E-state index contributed by atoms with van der Waals surface area (Å²) >= 11 is 0. The average molecular weight is 162 g/mol. The number of hydrogen-bond acceptors (Lipinski definition) is 3. The van der Waals surface area contributed by atoms with Gasteiger partial charge < -0.3 is 4.43 Å². The topological polar surface area (TPSA) is 47.3 Å². The number of nitrogens with two attached hydrogens (primary N) is 1. The summed E-state index contributed by atoms with van der Waals surface area (Å²) in [6.45, 7) is 3.10. The highest BCUT2D eigenvalue weighted by atomic mass is 28.3. The molecular weight excluding hydrogens is 144 g/mol. The molecule has 0 aliphatic rings. The van der Waals surface area contributed by atoms with Gasteiger partial charge in [-0.15, -0.1) is 0 Å². The van der Waals surface area contributed by atoms with E-state index in [2.05, 4.69) is 12.3 Å². The molecule has 0 aliphatic heterocycles. The van der Waals surface area contributed by atoms with Crippen molar-refractivity contribution in [3.63, 3.8) is 0 Å². The lowest BCUT2D eigenvalue weighted by molar-refractivity contribution is 0.416. The van der Waals surface area contributed by atoms with Crippen LogP contribution in [0.4, 0.5) is 0 Å². The summed E-state index contributed by atoms with van der Waals surface area (Å²) in [7, 11) is 0.996. The summed E-state index contributed by atoms with van der Waals surface area (Å²) in [5.41, 5.74) is 2.64. The van der Waals surface area contributed by atoms with Crippen LogP contribution in [0.3, 0.4) is 0 Å². The Kier molecular flexibility index (Phi) is 7.28. The molecule has 0 amide bonds. The lowest BCUT2D eigenvalue weighted by Crippen LogP contribution is -2.24. The minimum absolute atomic E-state index is 0.819. The van der Waals surface area contributed by atoms with Gasteiger partial charge in [0.1, 0.15) is 0 Å². The Bertz CT molecular complexity index is 68.8. The Morgan fingerprint density at radius 3 is 2.70 bits per heavy atom. The monoisotopic (exact) mass is 162 g/mol. The lowest BCUT2D eigenvalue weighted by atomic mass is 10.5. The van der Waals surface area contributed by atoms with Crippen molar-refractivity contribution in [2.75, 3.05) is 13.7 Å². The van der Waals surface area contributed by atoms with Crippen LogP contribution in [-0.2, 0) is 4.43 Å². The van der Waals surface area contributed by atoms with Crippen LogP contribution in [0.1, 0.15) is 13.3 Å². The van der Waals surface area contributed by atoms with Crippen LogP contribution in [0.5, 0.6) is 0 Å². The van der Waals surface area contributed by atoms with Gasteiger partial charge in [-0.25, -0.2) is 0 Å². The molecule has 62 valence electrons. The molecule has 0 heterocycles. The standard InChI is InChI=1S/C6H18N2OSi/c1-3-10(9-2)6-4-5-8-7/h8,10H,3-7H2,1-2H3. The molecule has 0 aromatic rings. The van der Waals surface area contributed by atoms with Gasteiger partial charge in [-0.1, -0.05) is 6.92 Å². The van der Waals surface area contributed by atoms with Crippen molar-refractivity contribution in [3.8, 4) is 0 Å². The van der Waals surface area contributed by atoms with Crippen molar-refractivity contribution in [1.29, 1.82) is 0 Å². The van der Waals surface area contributed by atoms with Crippen LogP contribution in [-0.4, -0.2) is 22.7 Å². The first-order valence-corrected chi connectivity index (χ1v) is 5.91. The van der Waals surface area contributed by atoms with Crippen LogP contribution in [0.15, 0.2) is 0 Å². The van der Waals surface area contributed by atoms with E-state index in [4.69, 9.17) is 10.3 Å². The molecule has 4 heteroatoms. The summed E-state index contributed by atoms with van der Waals surface area (Å²) in [4.78, 5) is 0. The molecule has 1 atom stereocenters. The molecule has 0 aromatic heterocycles. The molecule has 0 saturated heterocycles. The molecule has 0 radical (unpaired) electrons. The van der Waals surface area contributed by atoms with E-state index in [9.17, 15) is 0 Å². The van der Waals surface area contributed by atoms with E-state index in [1.807, 2.05) is 7.11 Å². The molecule has 0 fully saturated rings. The Hall–Kier alpha value is 0.0969. The number of nitrogens with one attached hydrogen (secondary N) is 1. The van der Waals surface area contributed by atoms with E-state index in [1.165, 1.54) is 12.1 Å². The first kappa shape index (κ1) is 10.1.